The first kappa shape index (κ1) is 18.2. The average molecular weight is 377 g/mol. The molecule has 1 aromatic heterocycles. The van der Waals surface area contributed by atoms with Crippen LogP contribution in [0, 0.1) is 10.1 Å². The molecule has 0 spiro atoms. The Bertz CT molecular complexity index is 804. The molecule has 1 aromatic carbocycles. The van der Waals surface area contributed by atoms with Crippen LogP contribution in [0.25, 0.3) is 0 Å². The van der Waals surface area contributed by atoms with Crippen LogP contribution in [0.5, 0.6) is 0 Å². The summed E-state index contributed by atoms with van der Waals surface area (Å²) in [7, 11) is 0. The Hall–Kier alpha value is -2.59. The highest BCUT2D eigenvalue weighted by Gasteiger charge is 2.23. The monoisotopic (exact) mass is 377 g/mol. The maximum Gasteiger partial charge on any atom is 0.270 e. The van der Waals surface area contributed by atoms with Crippen molar-refractivity contribution >= 4 is 33.8 Å². The van der Waals surface area contributed by atoms with Crippen LogP contribution >= 0.6 is 11.3 Å². The van der Waals surface area contributed by atoms with Gasteiger partial charge in [0.1, 0.15) is 5.01 Å². The molecule has 1 aliphatic rings. The fourth-order valence-corrected chi connectivity index (χ4v) is 3.52. The molecule has 0 atom stereocenters. The molecule has 1 N–H and O–H groups in total. The van der Waals surface area contributed by atoms with Crippen molar-refractivity contribution in [3.05, 3.63) is 38.9 Å². The molecule has 10 heteroatoms. The van der Waals surface area contributed by atoms with Gasteiger partial charge < -0.3 is 9.64 Å². The molecule has 1 aliphatic heterocycles. The van der Waals surface area contributed by atoms with Crippen LogP contribution in [0.1, 0.15) is 28.7 Å². The summed E-state index contributed by atoms with van der Waals surface area (Å²) >= 11 is 1.31. The van der Waals surface area contributed by atoms with Gasteiger partial charge in [0, 0.05) is 31.6 Å². The number of carbonyl (C=O) groups is 1. The molecule has 0 radical (unpaired) electrons. The number of nitrogens with zero attached hydrogens (tertiary/aromatic N) is 4. The Labute approximate surface area is 154 Å². The maximum absolute atomic E-state index is 12.8. The van der Waals surface area contributed by atoms with Gasteiger partial charge in [-0.25, -0.2) is 0 Å². The zero-order valence-electron chi connectivity index (χ0n) is 14.3. The van der Waals surface area contributed by atoms with E-state index >= 15 is 0 Å². The molecule has 3 rings (SSSR count). The van der Waals surface area contributed by atoms with E-state index in [9.17, 15) is 14.9 Å². The van der Waals surface area contributed by atoms with Gasteiger partial charge in [-0.1, -0.05) is 18.3 Å². The van der Waals surface area contributed by atoms with Gasteiger partial charge in [-0.15, -0.1) is 10.2 Å². The first-order valence-electron chi connectivity index (χ1n) is 8.33. The lowest BCUT2D eigenvalue weighted by Gasteiger charge is -2.30. The number of rotatable bonds is 6. The smallest absolute Gasteiger partial charge is 0.270 e. The number of amides is 1. The summed E-state index contributed by atoms with van der Waals surface area (Å²) in [4.78, 5) is 25.4. The minimum atomic E-state index is -0.510. The fraction of sp³-hybridized carbons (Fsp3) is 0.438. The number of benzene rings is 1. The van der Waals surface area contributed by atoms with Gasteiger partial charge in [0.2, 0.25) is 5.13 Å². The zero-order valence-corrected chi connectivity index (χ0v) is 15.1. The van der Waals surface area contributed by atoms with Crippen molar-refractivity contribution in [2.45, 2.75) is 19.8 Å². The van der Waals surface area contributed by atoms with E-state index in [4.69, 9.17) is 4.74 Å². The third kappa shape index (κ3) is 4.14. The molecule has 0 bridgehead atoms. The largest absolute Gasteiger partial charge is 0.378 e. The van der Waals surface area contributed by atoms with E-state index < -0.39 is 10.8 Å². The van der Waals surface area contributed by atoms with Crippen molar-refractivity contribution < 1.29 is 14.5 Å². The normalized spacial score (nSPS) is 14.3. The number of hydrogen-bond acceptors (Lipinski definition) is 8. The second-order valence-corrected chi connectivity index (χ2v) is 6.83. The van der Waals surface area contributed by atoms with E-state index in [1.54, 1.807) is 6.07 Å². The van der Waals surface area contributed by atoms with Crippen molar-refractivity contribution in [3.8, 4) is 0 Å². The fourth-order valence-electron chi connectivity index (χ4n) is 2.68. The van der Waals surface area contributed by atoms with Gasteiger partial charge >= 0.3 is 0 Å². The summed E-state index contributed by atoms with van der Waals surface area (Å²) in [6.45, 7) is 4.39. The number of aryl methyl sites for hydroxylation is 1. The van der Waals surface area contributed by atoms with Crippen LogP contribution < -0.4 is 10.2 Å². The first-order chi connectivity index (χ1) is 12.6. The Balaban J connectivity index is 1.87. The molecule has 0 unspecified atom stereocenters. The molecule has 2 aromatic rings. The Morgan fingerprint density at radius 3 is 2.85 bits per heavy atom. The molecular formula is C16H19N5O4S. The number of morpholine rings is 1. The number of nitro benzene ring substituents is 1. The number of nitro groups is 1. The third-order valence-corrected chi connectivity index (χ3v) is 4.84. The van der Waals surface area contributed by atoms with Crippen molar-refractivity contribution in [1.29, 1.82) is 0 Å². The molecule has 26 heavy (non-hydrogen) atoms. The molecule has 0 aliphatic carbocycles. The van der Waals surface area contributed by atoms with E-state index in [1.165, 1.54) is 23.5 Å². The highest BCUT2D eigenvalue weighted by atomic mass is 32.1. The number of aromatic nitrogens is 2. The molecule has 138 valence electrons. The number of hydrogen-bond donors (Lipinski definition) is 1. The lowest BCUT2D eigenvalue weighted by molar-refractivity contribution is -0.384. The summed E-state index contributed by atoms with van der Waals surface area (Å²) in [6, 6.07) is 4.32. The Morgan fingerprint density at radius 2 is 2.15 bits per heavy atom. The average Bonchev–Trinajstić information content (AvgIpc) is 3.09. The number of non-ortho nitro benzene ring substituents is 1. The lowest BCUT2D eigenvalue weighted by atomic mass is 10.1. The van der Waals surface area contributed by atoms with Crippen molar-refractivity contribution in [2.24, 2.45) is 0 Å². The summed E-state index contributed by atoms with van der Waals surface area (Å²) in [5, 5.41) is 23.1. The summed E-state index contributed by atoms with van der Waals surface area (Å²) in [5.74, 6) is -0.436. The minimum absolute atomic E-state index is 0.129. The van der Waals surface area contributed by atoms with E-state index in [1.807, 2.05) is 11.8 Å². The van der Waals surface area contributed by atoms with Crippen LogP contribution in [-0.2, 0) is 11.2 Å². The van der Waals surface area contributed by atoms with Crippen molar-refractivity contribution in [2.75, 3.05) is 36.5 Å². The van der Waals surface area contributed by atoms with E-state index in [2.05, 4.69) is 15.5 Å². The highest BCUT2D eigenvalue weighted by Crippen LogP contribution is 2.28. The zero-order chi connectivity index (χ0) is 18.5. The van der Waals surface area contributed by atoms with Crippen molar-refractivity contribution in [1.82, 2.24) is 10.2 Å². The van der Waals surface area contributed by atoms with Crippen molar-refractivity contribution in [3.63, 3.8) is 0 Å². The Kier molecular flexibility index (Phi) is 5.74. The molecular weight excluding hydrogens is 358 g/mol. The summed E-state index contributed by atoms with van der Waals surface area (Å²) in [5.41, 5.74) is 0.763. The van der Waals surface area contributed by atoms with Gasteiger partial charge in [0.15, 0.2) is 0 Å². The standard InChI is InChI=1S/C16H19N5O4S/c1-2-3-14-18-19-16(26-14)17-15(22)12-10-11(21(23)24)4-5-13(12)20-6-8-25-9-7-20/h4-5,10H,2-3,6-9H2,1H3,(H,17,19,22). The summed E-state index contributed by atoms with van der Waals surface area (Å²) < 4.78 is 5.34. The van der Waals surface area contributed by atoms with Gasteiger partial charge in [0.05, 0.1) is 29.4 Å². The highest BCUT2D eigenvalue weighted by molar-refractivity contribution is 7.15. The Morgan fingerprint density at radius 1 is 1.38 bits per heavy atom. The molecule has 1 fully saturated rings. The van der Waals surface area contributed by atoms with E-state index in [0.717, 1.165) is 17.8 Å². The van der Waals surface area contributed by atoms with Gasteiger partial charge in [-0.3, -0.25) is 20.2 Å². The van der Waals surface area contributed by atoms with Crippen LogP contribution in [0.15, 0.2) is 18.2 Å². The first-order valence-corrected chi connectivity index (χ1v) is 9.15. The molecule has 0 saturated carbocycles. The van der Waals surface area contributed by atoms with Crippen LogP contribution in [0.3, 0.4) is 0 Å². The van der Waals surface area contributed by atoms with Crippen LogP contribution in [0.2, 0.25) is 0 Å². The predicted octanol–water partition coefficient (Wildman–Crippen LogP) is 2.49. The quantitative estimate of drug-likeness (QED) is 0.608. The lowest BCUT2D eigenvalue weighted by Crippen LogP contribution is -2.37. The molecule has 1 saturated heterocycles. The minimum Gasteiger partial charge on any atom is -0.378 e. The van der Waals surface area contributed by atoms with Crippen LogP contribution in [0.4, 0.5) is 16.5 Å². The van der Waals surface area contributed by atoms with Crippen LogP contribution in [-0.4, -0.2) is 47.3 Å². The second-order valence-electron chi connectivity index (χ2n) is 5.76. The number of ether oxygens (including phenoxy) is 1. The van der Waals surface area contributed by atoms with Gasteiger partial charge in [-0.05, 0) is 12.5 Å². The summed E-state index contributed by atoms with van der Waals surface area (Å²) in [6.07, 6.45) is 1.73. The van der Waals surface area contributed by atoms with E-state index in [-0.39, 0.29) is 11.3 Å². The second kappa shape index (κ2) is 8.19. The van der Waals surface area contributed by atoms with E-state index in [0.29, 0.717) is 37.1 Å². The number of anilines is 2. The number of nitrogens with one attached hydrogen (secondary N) is 1. The molecule has 9 nitrogen and oxygen atoms in total. The molecule has 1 amide bonds. The molecule has 2 heterocycles. The van der Waals surface area contributed by atoms with Gasteiger partial charge in [-0.2, -0.15) is 0 Å². The number of carbonyl (C=O) groups excluding carboxylic acids is 1. The maximum atomic E-state index is 12.8. The van der Waals surface area contributed by atoms with Gasteiger partial charge in [0.25, 0.3) is 11.6 Å². The topological polar surface area (TPSA) is 110 Å². The SMILES string of the molecule is CCCc1nnc(NC(=O)c2cc([N+](=O)[O-])ccc2N2CCOCC2)s1. The predicted molar refractivity (Wildman–Crippen MR) is 98.0 cm³/mol. The third-order valence-electron chi connectivity index (χ3n) is 3.94.